The molecule has 0 spiro atoms. The molecule has 0 radical (unpaired) electrons. The average molecular weight is 425 g/mol. The van der Waals surface area contributed by atoms with Gasteiger partial charge in [-0.2, -0.15) is 0 Å². The van der Waals surface area contributed by atoms with Crippen molar-refractivity contribution in [2.45, 2.75) is 31.3 Å². The molecule has 1 N–H and O–H groups in total. The van der Waals surface area contributed by atoms with Crippen LogP contribution in [0, 0.1) is 0 Å². The van der Waals surface area contributed by atoms with E-state index in [0.29, 0.717) is 12.1 Å². The van der Waals surface area contributed by atoms with E-state index in [-0.39, 0.29) is 10.5 Å². The Morgan fingerprint density at radius 1 is 1.24 bits per heavy atom. The fourth-order valence-electron chi connectivity index (χ4n) is 2.66. The predicted octanol–water partition coefficient (Wildman–Crippen LogP) is 3.42. The molecule has 6 nitrogen and oxygen atoms in total. The third-order valence-electron chi connectivity index (χ3n) is 3.95. The van der Waals surface area contributed by atoms with E-state index >= 15 is 0 Å². The molecule has 1 atom stereocenters. The Bertz CT molecular complexity index is 1090. The molecule has 0 fully saturated rings. The van der Waals surface area contributed by atoms with E-state index in [4.69, 9.17) is 4.42 Å². The number of hydrogen-bond donors (Lipinski definition) is 1. The lowest BCUT2D eigenvalue weighted by atomic mass is 10.1. The first kappa shape index (κ1) is 17.9. The summed E-state index contributed by atoms with van der Waals surface area (Å²) in [6.07, 6.45) is 0. The van der Waals surface area contributed by atoms with Crippen molar-refractivity contribution in [1.82, 2.24) is 9.29 Å². The minimum Gasteiger partial charge on any atom is -0.408 e. The van der Waals surface area contributed by atoms with Crippen molar-refractivity contribution in [2.75, 3.05) is 0 Å². The van der Waals surface area contributed by atoms with Gasteiger partial charge < -0.3 is 4.42 Å². The van der Waals surface area contributed by atoms with Gasteiger partial charge in [0, 0.05) is 23.1 Å². The summed E-state index contributed by atoms with van der Waals surface area (Å²) in [5.74, 6) is -0.498. The van der Waals surface area contributed by atoms with Crippen molar-refractivity contribution in [3.63, 3.8) is 0 Å². The number of oxazole rings is 1. The lowest BCUT2D eigenvalue weighted by Gasteiger charge is -2.15. The van der Waals surface area contributed by atoms with Gasteiger partial charge in [-0.05, 0) is 43.7 Å². The minimum atomic E-state index is -3.76. The predicted molar refractivity (Wildman–Crippen MR) is 99.0 cm³/mol. The lowest BCUT2D eigenvalue weighted by molar-refractivity contribution is 0.512. The molecule has 2 aromatic carbocycles. The molecule has 1 heterocycles. The zero-order valence-corrected chi connectivity index (χ0v) is 16.1. The molecule has 25 heavy (non-hydrogen) atoms. The van der Waals surface area contributed by atoms with Gasteiger partial charge in [0.25, 0.3) is 0 Å². The fourth-order valence-corrected chi connectivity index (χ4v) is 4.32. The second kappa shape index (κ2) is 6.78. The number of aryl methyl sites for hydroxylation is 1. The summed E-state index contributed by atoms with van der Waals surface area (Å²) in [5, 5.41) is 0. The number of sulfonamides is 1. The highest BCUT2D eigenvalue weighted by atomic mass is 79.9. The summed E-state index contributed by atoms with van der Waals surface area (Å²) < 4.78 is 35.4. The topological polar surface area (TPSA) is 81.3 Å². The maximum absolute atomic E-state index is 12.7. The second-order valence-electron chi connectivity index (χ2n) is 5.64. The zero-order valence-electron chi connectivity index (χ0n) is 13.7. The van der Waals surface area contributed by atoms with E-state index in [2.05, 4.69) is 20.7 Å². The molecule has 0 saturated carbocycles. The van der Waals surface area contributed by atoms with E-state index in [9.17, 15) is 13.2 Å². The van der Waals surface area contributed by atoms with Gasteiger partial charge in [0.15, 0.2) is 5.58 Å². The number of halogens is 1. The van der Waals surface area contributed by atoms with E-state index in [1.165, 1.54) is 16.7 Å². The van der Waals surface area contributed by atoms with Gasteiger partial charge >= 0.3 is 5.76 Å². The molecule has 0 aliphatic rings. The molecular weight excluding hydrogens is 408 g/mol. The molecule has 0 saturated heterocycles. The Morgan fingerprint density at radius 3 is 2.68 bits per heavy atom. The van der Waals surface area contributed by atoms with Gasteiger partial charge in [-0.1, -0.05) is 28.1 Å². The quantitative estimate of drug-likeness (QED) is 0.679. The van der Waals surface area contributed by atoms with Crippen LogP contribution in [0.1, 0.15) is 25.5 Å². The summed E-state index contributed by atoms with van der Waals surface area (Å²) in [6, 6.07) is 11.4. The fraction of sp³-hybridized carbons (Fsp3) is 0.235. The van der Waals surface area contributed by atoms with Gasteiger partial charge in [0.2, 0.25) is 10.0 Å². The van der Waals surface area contributed by atoms with Gasteiger partial charge in [-0.15, -0.1) is 0 Å². The standard InChI is InChI=1S/C17H17BrN2O4S/c1-3-20-15-8-7-14(10-16(15)24-17(20)21)25(22,23)19-11(2)12-5-4-6-13(18)9-12/h4-11,19H,3H2,1-2H3/t11-/m0/s1. The Morgan fingerprint density at radius 2 is 2.00 bits per heavy atom. The molecule has 0 amide bonds. The molecule has 1 aromatic heterocycles. The number of nitrogens with zero attached hydrogens (tertiary/aromatic N) is 1. The molecular formula is C17H17BrN2O4S. The van der Waals surface area contributed by atoms with Crippen LogP contribution in [-0.4, -0.2) is 13.0 Å². The molecule has 0 aliphatic carbocycles. The van der Waals surface area contributed by atoms with Crippen molar-refractivity contribution in [3.8, 4) is 0 Å². The molecule has 0 bridgehead atoms. The largest absolute Gasteiger partial charge is 0.419 e. The highest BCUT2D eigenvalue weighted by Crippen LogP contribution is 2.22. The van der Waals surface area contributed by atoms with Crippen LogP contribution in [0.25, 0.3) is 11.1 Å². The summed E-state index contributed by atoms with van der Waals surface area (Å²) in [7, 11) is -3.76. The lowest BCUT2D eigenvalue weighted by Crippen LogP contribution is -2.26. The minimum absolute atomic E-state index is 0.0545. The molecule has 3 rings (SSSR count). The summed E-state index contributed by atoms with van der Waals surface area (Å²) in [4.78, 5) is 11.8. The molecule has 132 valence electrons. The highest BCUT2D eigenvalue weighted by molar-refractivity contribution is 9.10. The van der Waals surface area contributed by atoms with E-state index in [1.807, 2.05) is 31.2 Å². The van der Waals surface area contributed by atoms with Crippen LogP contribution >= 0.6 is 15.9 Å². The van der Waals surface area contributed by atoms with Crippen molar-refractivity contribution in [1.29, 1.82) is 0 Å². The maximum atomic E-state index is 12.7. The van der Waals surface area contributed by atoms with E-state index < -0.39 is 21.8 Å². The molecule has 3 aromatic rings. The monoisotopic (exact) mass is 424 g/mol. The zero-order chi connectivity index (χ0) is 18.2. The van der Waals surface area contributed by atoms with E-state index in [0.717, 1.165) is 10.0 Å². The Hall–Kier alpha value is -1.90. The molecule has 0 unspecified atom stereocenters. The van der Waals surface area contributed by atoms with Crippen LogP contribution in [0.4, 0.5) is 0 Å². The first-order valence-electron chi connectivity index (χ1n) is 7.73. The van der Waals surface area contributed by atoms with E-state index in [1.54, 1.807) is 13.0 Å². The highest BCUT2D eigenvalue weighted by Gasteiger charge is 2.20. The Kier molecular flexibility index (Phi) is 4.86. The van der Waals surface area contributed by atoms with Crippen LogP contribution < -0.4 is 10.5 Å². The van der Waals surface area contributed by atoms with Crippen LogP contribution in [-0.2, 0) is 16.6 Å². The first-order chi connectivity index (χ1) is 11.8. The normalized spacial score (nSPS) is 13.2. The van der Waals surface area contributed by atoms with Gasteiger partial charge in [0.05, 0.1) is 10.4 Å². The number of hydrogen-bond acceptors (Lipinski definition) is 4. The second-order valence-corrected chi connectivity index (χ2v) is 8.27. The maximum Gasteiger partial charge on any atom is 0.419 e. The SMILES string of the molecule is CCn1c(=O)oc2cc(S(=O)(=O)N[C@@H](C)c3cccc(Br)c3)ccc21. The number of nitrogens with one attached hydrogen (secondary N) is 1. The average Bonchev–Trinajstić information content (AvgIpc) is 2.88. The number of fused-ring (bicyclic) bond motifs is 1. The van der Waals surface area contributed by atoms with Crippen molar-refractivity contribution < 1.29 is 12.8 Å². The van der Waals surface area contributed by atoms with Gasteiger partial charge in [0.1, 0.15) is 0 Å². The Labute approximate surface area is 153 Å². The van der Waals surface area contributed by atoms with Gasteiger partial charge in [-0.25, -0.2) is 17.9 Å². The van der Waals surface area contributed by atoms with Crippen LogP contribution in [0.2, 0.25) is 0 Å². The Balaban J connectivity index is 1.94. The van der Waals surface area contributed by atoms with Crippen LogP contribution in [0.15, 0.2) is 61.0 Å². The molecule has 8 heteroatoms. The first-order valence-corrected chi connectivity index (χ1v) is 10.0. The number of benzene rings is 2. The summed E-state index contributed by atoms with van der Waals surface area (Å²) >= 11 is 3.38. The summed E-state index contributed by atoms with van der Waals surface area (Å²) in [5.41, 5.74) is 1.67. The number of aromatic nitrogens is 1. The number of rotatable bonds is 5. The van der Waals surface area contributed by atoms with Crippen molar-refractivity contribution in [2.24, 2.45) is 0 Å². The molecule has 0 aliphatic heterocycles. The summed E-state index contributed by atoms with van der Waals surface area (Å²) in [6.45, 7) is 4.05. The van der Waals surface area contributed by atoms with Crippen LogP contribution in [0.3, 0.4) is 0 Å². The third kappa shape index (κ3) is 3.56. The van der Waals surface area contributed by atoms with Gasteiger partial charge in [-0.3, -0.25) is 4.57 Å². The third-order valence-corrected chi connectivity index (χ3v) is 5.98. The smallest absolute Gasteiger partial charge is 0.408 e. The van der Waals surface area contributed by atoms with Crippen molar-refractivity contribution >= 4 is 37.1 Å². The van der Waals surface area contributed by atoms with Crippen LogP contribution in [0.5, 0.6) is 0 Å². The van der Waals surface area contributed by atoms with Crippen molar-refractivity contribution in [3.05, 3.63) is 63.1 Å².